The van der Waals surface area contributed by atoms with Gasteiger partial charge in [-0.15, -0.1) is 0 Å². The van der Waals surface area contributed by atoms with Crippen LogP contribution in [0.1, 0.15) is 27.2 Å². The van der Waals surface area contributed by atoms with E-state index < -0.39 is 6.16 Å². The van der Waals surface area contributed by atoms with E-state index in [0.29, 0.717) is 12.5 Å². The van der Waals surface area contributed by atoms with Gasteiger partial charge in [-0.3, -0.25) is 0 Å². The average Bonchev–Trinajstić information content (AvgIpc) is 1.84. The topological polar surface area (TPSA) is 35.5 Å². The number of ether oxygens (including phenoxy) is 2. The molecule has 72 valence electrons. The minimum Gasteiger partial charge on any atom is -0.434 e. The third-order valence-electron chi connectivity index (χ3n) is 1.17. The largest absolute Gasteiger partial charge is 0.509 e. The lowest BCUT2D eigenvalue weighted by Crippen LogP contribution is -2.12. The molecule has 3 nitrogen and oxygen atoms in total. The molecular weight excluding hydrogens is 271 g/mol. The minimum atomic E-state index is -0.572. The van der Waals surface area contributed by atoms with Crippen molar-refractivity contribution in [1.29, 1.82) is 0 Å². The van der Waals surface area contributed by atoms with Crippen LogP contribution in [-0.2, 0) is 9.47 Å². The molecule has 0 radical (unpaired) electrons. The Kier molecular flexibility index (Phi) is 6.51. The van der Waals surface area contributed by atoms with Gasteiger partial charge in [0.2, 0.25) is 0 Å². The molecule has 0 rings (SSSR count). The van der Waals surface area contributed by atoms with Crippen molar-refractivity contribution in [2.75, 3.05) is 6.61 Å². The van der Waals surface area contributed by atoms with Crippen LogP contribution in [0, 0.1) is 5.92 Å². The molecule has 12 heavy (non-hydrogen) atoms. The molecule has 0 aromatic rings. The molecule has 0 aliphatic heterocycles. The van der Waals surface area contributed by atoms with Crippen molar-refractivity contribution in [2.24, 2.45) is 5.92 Å². The number of carbonyl (C=O) groups excluding carboxylic acids is 1. The summed E-state index contributed by atoms with van der Waals surface area (Å²) in [6, 6.07) is 0. The highest BCUT2D eigenvalue weighted by molar-refractivity contribution is 14.1. The molecule has 0 aromatic heterocycles. The van der Waals surface area contributed by atoms with Crippen LogP contribution in [0.4, 0.5) is 4.79 Å². The molecule has 0 heterocycles. The summed E-state index contributed by atoms with van der Waals surface area (Å²) in [6.45, 7) is 6.38. The molecule has 1 atom stereocenters. The Balaban J connectivity index is 3.32. The van der Waals surface area contributed by atoms with Crippen molar-refractivity contribution in [3.8, 4) is 0 Å². The van der Waals surface area contributed by atoms with E-state index in [1.165, 1.54) is 0 Å². The Morgan fingerprint density at radius 3 is 2.42 bits per heavy atom. The molecule has 0 aliphatic carbocycles. The van der Waals surface area contributed by atoms with E-state index in [9.17, 15) is 4.79 Å². The smallest absolute Gasteiger partial charge is 0.434 e. The molecule has 0 bridgehead atoms. The summed E-state index contributed by atoms with van der Waals surface area (Å²) in [4.78, 5) is 10.8. The Morgan fingerprint density at radius 2 is 2.00 bits per heavy atom. The summed E-state index contributed by atoms with van der Waals surface area (Å²) in [7, 11) is 0. The van der Waals surface area contributed by atoms with Gasteiger partial charge >= 0.3 is 6.16 Å². The normalized spacial score (nSPS) is 12.8. The molecule has 0 aromatic carbocycles. The van der Waals surface area contributed by atoms with Gasteiger partial charge in [-0.1, -0.05) is 13.8 Å². The van der Waals surface area contributed by atoms with E-state index in [0.717, 1.165) is 6.42 Å². The van der Waals surface area contributed by atoms with Crippen LogP contribution in [-0.4, -0.2) is 16.9 Å². The van der Waals surface area contributed by atoms with Crippen molar-refractivity contribution in [3.63, 3.8) is 0 Å². The van der Waals surface area contributed by atoms with Crippen LogP contribution in [0.2, 0.25) is 0 Å². The zero-order chi connectivity index (χ0) is 9.56. The van der Waals surface area contributed by atoms with E-state index >= 15 is 0 Å². The maximum atomic E-state index is 10.8. The Bertz CT molecular complexity index is 134. The van der Waals surface area contributed by atoms with Gasteiger partial charge in [0.1, 0.15) is 0 Å². The van der Waals surface area contributed by atoms with Crippen molar-refractivity contribution >= 4 is 28.7 Å². The lowest BCUT2D eigenvalue weighted by molar-refractivity contribution is 0.0520. The number of halogens is 1. The monoisotopic (exact) mass is 286 g/mol. The zero-order valence-electron chi connectivity index (χ0n) is 7.67. The third-order valence-corrected chi connectivity index (χ3v) is 1.43. The van der Waals surface area contributed by atoms with Crippen molar-refractivity contribution in [3.05, 3.63) is 0 Å². The Hall–Kier alpha value is 0. The van der Waals surface area contributed by atoms with E-state index in [1.54, 1.807) is 6.92 Å². The van der Waals surface area contributed by atoms with Gasteiger partial charge in [-0.2, -0.15) is 0 Å². The maximum Gasteiger partial charge on any atom is 0.509 e. The summed E-state index contributed by atoms with van der Waals surface area (Å²) in [5.74, 6) is 0.551. The van der Waals surface area contributed by atoms with Crippen LogP contribution in [0.5, 0.6) is 0 Å². The molecule has 0 spiro atoms. The highest BCUT2D eigenvalue weighted by atomic mass is 127. The second-order valence-electron chi connectivity index (χ2n) is 2.94. The fraction of sp³-hybridized carbons (Fsp3) is 0.875. The van der Waals surface area contributed by atoms with Gasteiger partial charge in [0, 0.05) is 0 Å². The molecule has 0 fully saturated rings. The maximum absolute atomic E-state index is 10.8. The Labute approximate surface area is 86.9 Å². The summed E-state index contributed by atoms with van der Waals surface area (Å²) in [5, 5.41) is 0. The summed E-state index contributed by atoms with van der Waals surface area (Å²) >= 11 is 2.00. The van der Waals surface area contributed by atoms with Crippen molar-refractivity contribution in [1.82, 2.24) is 0 Å². The number of hydrogen-bond donors (Lipinski definition) is 0. The number of carbonyl (C=O) groups is 1. The number of hydrogen-bond acceptors (Lipinski definition) is 3. The second kappa shape index (κ2) is 6.51. The second-order valence-corrected chi connectivity index (χ2v) is 4.70. The van der Waals surface area contributed by atoms with Gasteiger partial charge in [-0.25, -0.2) is 4.79 Å². The third kappa shape index (κ3) is 8.10. The lowest BCUT2D eigenvalue weighted by Gasteiger charge is -2.08. The lowest BCUT2D eigenvalue weighted by atomic mass is 10.1. The Morgan fingerprint density at radius 1 is 1.42 bits per heavy atom. The number of alkyl halides is 1. The quantitative estimate of drug-likeness (QED) is 0.453. The van der Waals surface area contributed by atoms with Gasteiger partial charge < -0.3 is 9.47 Å². The molecule has 1 unspecified atom stereocenters. The zero-order valence-corrected chi connectivity index (χ0v) is 9.83. The first-order valence-electron chi connectivity index (χ1n) is 4.00. The van der Waals surface area contributed by atoms with E-state index in [4.69, 9.17) is 9.47 Å². The van der Waals surface area contributed by atoms with E-state index in [-0.39, 0.29) is 4.11 Å². The predicted octanol–water partition coefficient (Wildman–Crippen LogP) is 2.97. The molecule has 0 amide bonds. The summed E-state index contributed by atoms with van der Waals surface area (Å²) < 4.78 is 9.42. The number of rotatable bonds is 4. The molecule has 0 saturated heterocycles. The minimum absolute atomic E-state index is 0.130. The van der Waals surface area contributed by atoms with Crippen LogP contribution in [0.25, 0.3) is 0 Å². The molecule has 4 heteroatoms. The average molecular weight is 286 g/mol. The molecular formula is C8H15IO3. The first-order valence-corrected chi connectivity index (χ1v) is 5.24. The first kappa shape index (κ1) is 12.0. The SMILES string of the molecule is CC(C)CCOC(=O)OC(C)I. The molecule has 0 saturated carbocycles. The van der Waals surface area contributed by atoms with Gasteiger partial charge in [0.15, 0.2) is 4.11 Å². The van der Waals surface area contributed by atoms with Crippen LogP contribution >= 0.6 is 22.6 Å². The molecule has 0 aliphatic rings. The van der Waals surface area contributed by atoms with Gasteiger partial charge in [-0.05, 0) is 41.9 Å². The van der Waals surface area contributed by atoms with Gasteiger partial charge in [0.25, 0.3) is 0 Å². The van der Waals surface area contributed by atoms with Crippen LogP contribution in [0.15, 0.2) is 0 Å². The van der Waals surface area contributed by atoms with Crippen molar-refractivity contribution in [2.45, 2.75) is 31.3 Å². The highest BCUT2D eigenvalue weighted by Gasteiger charge is 2.06. The van der Waals surface area contributed by atoms with Crippen LogP contribution < -0.4 is 0 Å². The van der Waals surface area contributed by atoms with E-state index in [2.05, 4.69) is 13.8 Å². The summed E-state index contributed by atoms with van der Waals surface area (Å²) in [6.07, 6.45) is 0.308. The highest BCUT2D eigenvalue weighted by Crippen LogP contribution is 2.04. The predicted molar refractivity (Wildman–Crippen MR) is 55.4 cm³/mol. The first-order chi connectivity index (χ1) is 5.52. The van der Waals surface area contributed by atoms with Crippen molar-refractivity contribution < 1.29 is 14.3 Å². The van der Waals surface area contributed by atoms with Crippen LogP contribution in [0.3, 0.4) is 0 Å². The van der Waals surface area contributed by atoms with Gasteiger partial charge in [0.05, 0.1) is 6.61 Å². The van der Waals surface area contributed by atoms with E-state index in [1.807, 2.05) is 22.6 Å². The fourth-order valence-corrected chi connectivity index (χ4v) is 0.752. The standard InChI is InChI=1S/C8H15IO3/c1-6(2)4-5-11-8(10)12-7(3)9/h6-7H,4-5H2,1-3H3. The molecule has 0 N–H and O–H groups in total. The summed E-state index contributed by atoms with van der Waals surface area (Å²) in [5.41, 5.74) is 0. The fourth-order valence-electron chi connectivity index (χ4n) is 0.545.